The van der Waals surface area contributed by atoms with Crippen LogP contribution in [0.2, 0.25) is 0 Å². The molecule has 0 radical (unpaired) electrons. The highest BCUT2D eigenvalue weighted by molar-refractivity contribution is 7.14. The molecule has 0 saturated carbocycles. The normalized spacial score (nSPS) is 32.5. The van der Waals surface area contributed by atoms with Crippen molar-refractivity contribution in [3.8, 4) is 0 Å². The minimum atomic E-state index is -0.313. The molecule has 4 aliphatic rings. The molecule has 4 aliphatic heterocycles. The molecule has 5 heterocycles. The fraction of sp³-hybridized carbons (Fsp3) is 0.762. The predicted octanol–water partition coefficient (Wildman–Crippen LogP) is 1.48. The Morgan fingerprint density at radius 2 is 2.11 bits per heavy atom. The van der Waals surface area contributed by atoms with Gasteiger partial charge < -0.3 is 25.4 Å². The van der Waals surface area contributed by atoms with Crippen LogP contribution >= 0.6 is 11.3 Å². The van der Waals surface area contributed by atoms with Crippen LogP contribution in [0.1, 0.15) is 52.2 Å². The number of thiophene rings is 1. The lowest BCUT2D eigenvalue weighted by atomic mass is 9.72. The van der Waals surface area contributed by atoms with Crippen LogP contribution in [-0.4, -0.2) is 67.9 Å². The molecule has 1 aromatic rings. The summed E-state index contributed by atoms with van der Waals surface area (Å²) in [6.07, 6.45) is 5.30. The van der Waals surface area contributed by atoms with Crippen molar-refractivity contribution in [1.29, 1.82) is 0 Å². The summed E-state index contributed by atoms with van der Waals surface area (Å²) in [5.41, 5.74) is 0.891. The highest BCUT2D eigenvalue weighted by Crippen LogP contribution is 2.44. The average Bonchev–Trinajstić information content (AvgIpc) is 3.17. The number of piperidine rings is 3. The van der Waals surface area contributed by atoms with Crippen molar-refractivity contribution in [2.45, 2.75) is 50.2 Å². The van der Waals surface area contributed by atoms with Crippen LogP contribution < -0.4 is 10.6 Å². The van der Waals surface area contributed by atoms with Gasteiger partial charge >= 0.3 is 0 Å². The molecule has 3 fully saturated rings. The maximum Gasteiger partial charge on any atom is 0.263 e. The van der Waals surface area contributed by atoms with E-state index in [-0.39, 0.29) is 23.0 Å². The van der Waals surface area contributed by atoms with E-state index in [1.807, 2.05) is 4.90 Å². The van der Waals surface area contributed by atoms with Gasteiger partial charge in [-0.25, -0.2) is 0 Å². The van der Waals surface area contributed by atoms with Crippen LogP contribution in [-0.2, 0) is 16.8 Å². The Labute approximate surface area is 170 Å². The summed E-state index contributed by atoms with van der Waals surface area (Å²) in [6, 6.07) is 2.13. The number of amides is 1. The van der Waals surface area contributed by atoms with Crippen molar-refractivity contribution < 1.29 is 14.6 Å². The summed E-state index contributed by atoms with van der Waals surface area (Å²) >= 11 is 1.67. The van der Waals surface area contributed by atoms with E-state index < -0.39 is 0 Å². The third-order valence-corrected chi connectivity index (χ3v) is 8.49. The molecular weight excluding hydrogens is 374 g/mol. The molecule has 0 unspecified atom stereocenters. The molecule has 28 heavy (non-hydrogen) atoms. The van der Waals surface area contributed by atoms with Gasteiger partial charge in [0.15, 0.2) is 0 Å². The van der Waals surface area contributed by atoms with Crippen LogP contribution in [0.3, 0.4) is 0 Å². The molecule has 6 nitrogen and oxygen atoms in total. The Bertz CT molecular complexity index is 741. The molecule has 0 bridgehead atoms. The molecule has 154 valence electrons. The van der Waals surface area contributed by atoms with Crippen LogP contribution in [0.4, 0.5) is 0 Å². The largest absolute Gasteiger partial charge is 0.392 e. The zero-order chi connectivity index (χ0) is 19.2. The van der Waals surface area contributed by atoms with Gasteiger partial charge in [0, 0.05) is 36.3 Å². The van der Waals surface area contributed by atoms with E-state index in [2.05, 4.69) is 16.7 Å². The van der Waals surface area contributed by atoms with E-state index in [4.69, 9.17) is 4.74 Å². The molecule has 3 saturated heterocycles. The van der Waals surface area contributed by atoms with Gasteiger partial charge in [-0.2, -0.15) is 0 Å². The summed E-state index contributed by atoms with van der Waals surface area (Å²) in [4.78, 5) is 17.6. The maximum atomic E-state index is 13.4. The number of hydrogen-bond acceptors (Lipinski definition) is 6. The first-order chi connectivity index (χ1) is 13.6. The van der Waals surface area contributed by atoms with Gasteiger partial charge in [-0.05, 0) is 63.4 Å². The Morgan fingerprint density at radius 1 is 1.25 bits per heavy atom. The quantitative estimate of drug-likeness (QED) is 0.660. The minimum Gasteiger partial charge on any atom is -0.392 e. The van der Waals surface area contributed by atoms with E-state index in [0.29, 0.717) is 6.54 Å². The van der Waals surface area contributed by atoms with Gasteiger partial charge in [-0.1, -0.05) is 0 Å². The molecule has 3 N–H and O–H groups in total. The number of nitrogens with zero attached hydrogens (tertiary/aromatic N) is 1. The molecule has 1 aromatic heterocycles. The first-order valence-electron chi connectivity index (χ1n) is 10.8. The molecule has 0 aliphatic carbocycles. The zero-order valence-electron chi connectivity index (χ0n) is 16.5. The number of hydrogen-bond donors (Lipinski definition) is 3. The van der Waals surface area contributed by atoms with E-state index in [0.717, 1.165) is 82.7 Å². The average molecular weight is 406 g/mol. The lowest BCUT2D eigenvalue weighted by Gasteiger charge is -2.48. The van der Waals surface area contributed by atoms with Crippen molar-refractivity contribution in [2.75, 3.05) is 45.9 Å². The third kappa shape index (κ3) is 3.12. The molecule has 5 rings (SSSR count). The van der Waals surface area contributed by atoms with Gasteiger partial charge in [-0.3, -0.25) is 4.79 Å². The second-order valence-electron chi connectivity index (χ2n) is 8.96. The standard InChI is InChI=1S/C21H31N3O3S/c25-18-2-7-23-13-20(18)4-1-10-24(14-20)19(26)17-12-15-16(28-17)3-11-27-21(15)5-8-22-9-6-21/h12,18,22-23,25H,1-11,13-14H2/t18-,20-/m0/s1. The fourth-order valence-corrected chi connectivity index (χ4v) is 6.87. The number of aliphatic hydroxyl groups excluding tert-OH is 1. The van der Waals surface area contributed by atoms with Crippen LogP contribution in [0, 0.1) is 5.41 Å². The number of fused-ring (bicyclic) bond motifs is 2. The van der Waals surface area contributed by atoms with Gasteiger partial charge in [-0.15, -0.1) is 11.3 Å². The SMILES string of the molecule is O=C(c1cc2c(s1)CCOC21CCNCC1)N1CCC[C@]2(CNCC[C@@H]2O)C1. The number of likely N-dealkylation sites (tertiary alicyclic amines) is 1. The molecule has 2 spiro atoms. The second kappa shape index (κ2) is 7.36. The van der Waals surface area contributed by atoms with Crippen molar-refractivity contribution in [3.63, 3.8) is 0 Å². The van der Waals surface area contributed by atoms with Gasteiger partial charge in [0.1, 0.15) is 0 Å². The fourth-order valence-electron chi connectivity index (χ4n) is 5.67. The Balaban J connectivity index is 1.39. The minimum absolute atomic E-state index is 0.139. The van der Waals surface area contributed by atoms with E-state index in [9.17, 15) is 9.90 Å². The molecule has 2 atom stereocenters. The molecule has 1 amide bonds. The van der Waals surface area contributed by atoms with Crippen LogP contribution in [0.25, 0.3) is 0 Å². The van der Waals surface area contributed by atoms with Gasteiger partial charge in [0.2, 0.25) is 0 Å². The summed E-state index contributed by atoms with van der Waals surface area (Å²) in [6.45, 7) is 5.83. The van der Waals surface area contributed by atoms with Crippen molar-refractivity contribution >= 4 is 17.2 Å². The van der Waals surface area contributed by atoms with Crippen LogP contribution in [0.5, 0.6) is 0 Å². The lowest BCUT2D eigenvalue weighted by Crippen LogP contribution is -2.58. The number of aliphatic hydroxyl groups is 1. The third-order valence-electron chi connectivity index (χ3n) is 7.30. The van der Waals surface area contributed by atoms with E-state index in [1.165, 1.54) is 10.4 Å². The van der Waals surface area contributed by atoms with Crippen molar-refractivity contribution in [3.05, 3.63) is 21.4 Å². The molecular formula is C21H31N3O3S. The summed E-state index contributed by atoms with van der Waals surface area (Å²) in [7, 11) is 0. The van der Waals surface area contributed by atoms with E-state index >= 15 is 0 Å². The van der Waals surface area contributed by atoms with Gasteiger partial charge in [0.05, 0.1) is 23.2 Å². The van der Waals surface area contributed by atoms with Gasteiger partial charge in [0.25, 0.3) is 5.91 Å². The summed E-state index contributed by atoms with van der Waals surface area (Å²) in [5.74, 6) is 0.139. The number of rotatable bonds is 1. The highest BCUT2D eigenvalue weighted by Gasteiger charge is 2.45. The first kappa shape index (κ1) is 19.0. The number of carbonyl (C=O) groups is 1. The maximum absolute atomic E-state index is 13.4. The smallest absolute Gasteiger partial charge is 0.263 e. The van der Waals surface area contributed by atoms with Crippen LogP contribution in [0.15, 0.2) is 6.07 Å². The van der Waals surface area contributed by atoms with E-state index in [1.54, 1.807) is 11.3 Å². The highest BCUT2D eigenvalue weighted by atomic mass is 32.1. The lowest BCUT2D eigenvalue weighted by molar-refractivity contribution is -0.0792. The Kier molecular flexibility index (Phi) is 5.00. The zero-order valence-corrected chi connectivity index (χ0v) is 17.3. The number of nitrogens with one attached hydrogen (secondary N) is 2. The molecule has 0 aromatic carbocycles. The predicted molar refractivity (Wildman–Crippen MR) is 109 cm³/mol. The monoisotopic (exact) mass is 405 g/mol. The Morgan fingerprint density at radius 3 is 2.93 bits per heavy atom. The topological polar surface area (TPSA) is 73.8 Å². The van der Waals surface area contributed by atoms with Crippen molar-refractivity contribution in [2.24, 2.45) is 5.41 Å². The number of carbonyl (C=O) groups excluding carboxylic acids is 1. The van der Waals surface area contributed by atoms with Crippen molar-refractivity contribution in [1.82, 2.24) is 15.5 Å². The summed E-state index contributed by atoms with van der Waals surface area (Å²) < 4.78 is 6.28. The Hall–Kier alpha value is -0.990. The molecule has 7 heteroatoms. The first-order valence-corrected chi connectivity index (χ1v) is 11.6. The second-order valence-corrected chi connectivity index (χ2v) is 10.1. The summed E-state index contributed by atoms with van der Waals surface area (Å²) in [5, 5.41) is 17.5. The number of ether oxygens (including phenoxy) is 1.